The minimum absolute atomic E-state index is 0.465. The van der Waals surface area contributed by atoms with E-state index in [9.17, 15) is 9.36 Å². The quantitative estimate of drug-likeness (QED) is 0.686. The van der Waals surface area contributed by atoms with Crippen LogP contribution in [-0.4, -0.2) is 17.6 Å². The molecule has 0 heterocycles. The number of carbonyl (C=O) groups is 1. The zero-order chi connectivity index (χ0) is 14.7. The minimum Gasteiger partial charge on any atom is -0.459 e. The van der Waals surface area contributed by atoms with Gasteiger partial charge in [0, 0.05) is 5.30 Å². The van der Waals surface area contributed by atoms with E-state index in [0.717, 1.165) is 0 Å². The van der Waals surface area contributed by atoms with Gasteiger partial charge in [0.15, 0.2) is 0 Å². The van der Waals surface area contributed by atoms with Crippen molar-refractivity contribution in [3.05, 3.63) is 30.3 Å². The van der Waals surface area contributed by atoms with Gasteiger partial charge in [-0.1, -0.05) is 18.2 Å². The van der Waals surface area contributed by atoms with Gasteiger partial charge in [0.2, 0.25) is 0 Å². The normalized spacial score (nSPS) is 16.5. The lowest BCUT2D eigenvalue weighted by molar-refractivity contribution is -0.156. The molecule has 106 valence electrons. The number of hydrogen-bond donors (Lipinski definition) is 1. The Bertz CT molecular complexity index is 484. The van der Waals surface area contributed by atoms with Crippen LogP contribution in [0.15, 0.2) is 30.3 Å². The van der Waals surface area contributed by atoms with Crippen molar-refractivity contribution < 1.29 is 14.1 Å². The van der Waals surface area contributed by atoms with E-state index in [1.54, 1.807) is 58.0 Å². The predicted molar refractivity (Wildman–Crippen MR) is 78.0 cm³/mol. The monoisotopic (exact) mass is 303 g/mol. The molecule has 19 heavy (non-hydrogen) atoms. The molecule has 0 spiro atoms. The third kappa shape index (κ3) is 5.35. The second-order valence-corrected chi connectivity index (χ2v) is 8.52. The maximum absolute atomic E-state index is 12.3. The maximum Gasteiger partial charge on any atom is 0.323 e. The van der Waals surface area contributed by atoms with Gasteiger partial charge in [-0.3, -0.25) is 9.36 Å². The summed E-state index contributed by atoms with van der Waals surface area (Å²) in [5, 5.41) is 3.11. The first-order valence-corrected chi connectivity index (χ1v) is 8.59. The van der Waals surface area contributed by atoms with Crippen LogP contribution in [0.25, 0.3) is 0 Å². The molecule has 0 amide bonds. The van der Waals surface area contributed by atoms with E-state index in [1.165, 1.54) is 0 Å². The zero-order valence-corrected chi connectivity index (χ0v) is 13.2. The number of hydrogen-bond acceptors (Lipinski definition) is 3. The highest BCUT2D eigenvalue weighted by atomic mass is 35.7. The second kappa shape index (κ2) is 6.08. The molecular formula is C13H19ClNO3P. The fraction of sp³-hybridized carbons (Fsp3) is 0.462. The van der Waals surface area contributed by atoms with Gasteiger partial charge in [-0.05, 0) is 51.1 Å². The highest BCUT2D eigenvalue weighted by Crippen LogP contribution is 2.45. The van der Waals surface area contributed by atoms with Crippen LogP contribution >= 0.6 is 17.9 Å². The largest absolute Gasteiger partial charge is 0.459 e. The second-order valence-electron chi connectivity index (χ2n) is 5.25. The van der Waals surface area contributed by atoms with Gasteiger partial charge < -0.3 is 4.74 Å². The third-order valence-electron chi connectivity index (χ3n) is 2.21. The summed E-state index contributed by atoms with van der Waals surface area (Å²) in [6.07, 6.45) is 0. The molecule has 0 saturated heterocycles. The van der Waals surface area contributed by atoms with Crippen molar-refractivity contribution in [1.29, 1.82) is 0 Å². The number of rotatable bonds is 4. The van der Waals surface area contributed by atoms with Gasteiger partial charge in [-0.15, -0.1) is 0 Å². The summed E-state index contributed by atoms with van der Waals surface area (Å²) >= 11 is 6.01. The lowest BCUT2D eigenvalue weighted by atomic mass is 10.2. The van der Waals surface area contributed by atoms with E-state index < -0.39 is 24.3 Å². The van der Waals surface area contributed by atoms with Crippen molar-refractivity contribution in [3.8, 4) is 0 Å². The molecule has 0 aliphatic rings. The fourth-order valence-electron chi connectivity index (χ4n) is 1.39. The van der Waals surface area contributed by atoms with Gasteiger partial charge in [0.05, 0.1) is 0 Å². The molecule has 1 aromatic carbocycles. The van der Waals surface area contributed by atoms with Crippen LogP contribution in [0, 0.1) is 0 Å². The van der Waals surface area contributed by atoms with Crippen LogP contribution in [0.4, 0.5) is 0 Å². The molecule has 0 saturated carbocycles. The summed E-state index contributed by atoms with van der Waals surface area (Å²) in [5.41, 5.74) is -0.587. The highest BCUT2D eigenvalue weighted by molar-refractivity contribution is 7.93. The van der Waals surface area contributed by atoms with E-state index in [2.05, 4.69) is 5.09 Å². The number of nitrogens with one attached hydrogen (secondary N) is 1. The molecule has 4 nitrogen and oxygen atoms in total. The van der Waals surface area contributed by atoms with Crippen molar-refractivity contribution >= 4 is 29.2 Å². The number of benzene rings is 1. The third-order valence-corrected chi connectivity index (χ3v) is 4.77. The standard InChI is InChI=1S/C13H19ClNO3P/c1-10(12(16)18-13(2,3)4)15-19(14,17)11-8-6-5-7-9-11/h5-10H,1-4H3,(H,15,17)/t10-,19?/m0/s1. The van der Waals surface area contributed by atoms with E-state index in [0.29, 0.717) is 5.30 Å². The Morgan fingerprint density at radius 3 is 2.32 bits per heavy atom. The van der Waals surface area contributed by atoms with Crippen LogP contribution in [0.2, 0.25) is 0 Å². The Morgan fingerprint density at radius 1 is 1.32 bits per heavy atom. The van der Waals surface area contributed by atoms with Gasteiger partial charge in [-0.2, -0.15) is 0 Å². The van der Waals surface area contributed by atoms with Crippen molar-refractivity contribution in [2.45, 2.75) is 39.3 Å². The molecule has 6 heteroatoms. The smallest absolute Gasteiger partial charge is 0.323 e. The average molecular weight is 304 g/mol. The summed E-state index contributed by atoms with van der Waals surface area (Å²) in [7, 11) is 0. The number of ether oxygens (including phenoxy) is 1. The van der Waals surface area contributed by atoms with Gasteiger partial charge in [-0.25, -0.2) is 5.09 Å². The Kier molecular flexibility index (Phi) is 5.19. The van der Waals surface area contributed by atoms with Crippen LogP contribution in [0.3, 0.4) is 0 Å². The Balaban J connectivity index is 2.74. The Morgan fingerprint density at radius 2 is 1.84 bits per heavy atom. The number of esters is 1. The minimum atomic E-state index is -3.30. The molecule has 0 aliphatic heterocycles. The topological polar surface area (TPSA) is 55.4 Å². The fourth-order valence-corrected chi connectivity index (χ4v) is 3.47. The summed E-state index contributed by atoms with van der Waals surface area (Å²) < 4.78 is 17.5. The van der Waals surface area contributed by atoms with Gasteiger partial charge >= 0.3 is 5.97 Å². The molecule has 0 aromatic heterocycles. The molecule has 0 radical (unpaired) electrons. The maximum atomic E-state index is 12.3. The lowest BCUT2D eigenvalue weighted by Crippen LogP contribution is -2.38. The summed E-state index contributed by atoms with van der Waals surface area (Å²) in [6.45, 7) is 3.60. The molecular weight excluding hydrogens is 285 g/mol. The zero-order valence-electron chi connectivity index (χ0n) is 11.5. The average Bonchev–Trinajstić information content (AvgIpc) is 2.27. The van der Waals surface area contributed by atoms with Crippen LogP contribution in [0.1, 0.15) is 27.7 Å². The molecule has 1 N–H and O–H groups in total. The van der Waals surface area contributed by atoms with Crippen molar-refractivity contribution in [1.82, 2.24) is 5.09 Å². The molecule has 1 aromatic rings. The van der Waals surface area contributed by atoms with Crippen LogP contribution < -0.4 is 10.4 Å². The van der Waals surface area contributed by atoms with Crippen molar-refractivity contribution in [2.24, 2.45) is 0 Å². The van der Waals surface area contributed by atoms with Gasteiger partial charge in [0.1, 0.15) is 11.6 Å². The van der Waals surface area contributed by atoms with E-state index >= 15 is 0 Å². The summed E-state index contributed by atoms with van der Waals surface area (Å²) in [5.74, 6) is -0.482. The first-order chi connectivity index (χ1) is 8.62. The Labute approximate surface area is 118 Å². The van der Waals surface area contributed by atoms with Crippen LogP contribution in [-0.2, 0) is 14.1 Å². The van der Waals surface area contributed by atoms with Gasteiger partial charge in [0.25, 0.3) is 6.65 Å². The first-order valence-electron chi connectivity index (χ1n) is 5.98. The molecule has 1 unspecified atom stereocenters. The SMILES string of the molecule is C[C@H](NP(=O)(Cl)c1ccccc1)C(=O)OC(C)(C)C. The first kappa shape index (κ1) is 16.2. The predicted octanol–water partition coefficient (Wildman–Crippen LogP) is 3.06. The lowest BCUT2D eigenvalue weighted by Gasteiger charge is -2.24. The van der Waals surface area contributed by atoms with Crippen LogP contribution in [0.5, 0.6) is 0 Å². The number of halogens is 1. The van der Waals surface area contributed by atoms with Crippen molar-refractivity contribution in [3.63, 3.8) is 0 Å². The Hall–Kier alpha value is -0.830. The number of carbonyl (C=O) groups excluding carboxylic acids is 1. The molecule has 0 fully saturated rings. The van der Waals surface area contributed by atoms with Crippen molar-refractivity contribution in [2.75, 3.05) is 0 Å². The van der Waals surface area contributed by atoms with E-state index in [1.807, 2.05) is 0 Å². The van der Waals surface area contributed by atoms with E-state index in [4.69, 9.17) is 16.0 Å². The molecule has 1 rings (SSSR count). The van der Waals surface area contributed by atoms with E-state index in [-0.39, 0.29) is 0 Å². The molecule has 0 aliphatic carbocycles. The molecule has 0 bridgehead atoms. The summed E-state index contributed by atoms with van der Waals surface area (Å²) in [6, 6.07) is 7.85. The summed E-state index contributed by atoms with van der Waals surface area (Å²) in [4.78, 5) is 11.8. The highest BCUT2D eigenvalue weighted by Gasteiger charge is 2.29. The molecule has 2 atom stereocenters.